The minimum atomic E-state index is -3.04. The lowest BCUT2D eigenvalue weighted by Crippen LogP contribution is -2.35. The number of nitrogens with zero attached hydrogens (tertiary/aromatic N) is 1. The highest BCUT2D eigenvalue weighted by atomic mass is 32.2. The lowest BCUT2D eigenvalue weighted by atomic mass is 10.1. The van der Waals surface area contributed by atoms with Crippen molar-refractivity contribution in [2.75, 3.05) is 11.5 Å². The molecule has 8 heteroatoms. The summed E-state index contributed by atoms with van der Waals surface area (Å²) >= 11 is 0. The van der Waals surface area contributed by atoms with E-state index in [4.69, 9.17) is 0 Å². The minimum absolute atomic E-state index is 0.0301. The normalized spacial score (nSPS) is 20.0. The van der Waals surface area contributed by atoms with Gasteiger partial charge in [-0.2, -0.15) is 5.10 Å². The van der Waals surface area contributed by atoms with Gasteiger partial charge in [0.2, 0.25) is 0 Å². The first kappa shape index (κ1) is 14.7. The Morgan fingerprint density at radius 3 is 2.68 bits per heavy atom. The molecule has 22 heavy (non-hydrogen) atoms. The van der Waals surface area contributed by atoms with Gasteiger partial charge in [-0.25, -0.2) is 12.8 Å². The zero-order chi connectivity index (χ0) is 15.7. The average molecular weight is 323 g/mol. The number of hydrogen-bond acceptors (Lipinski definition) is 4. The number of aromatic nitrogens is 2. The van der Waals surface area contributed by atoms with Gasteiger partial charge in [-0.3, -0.25) is 9.89 Å². The van der Waals surface area contributed by atoms with Gasteiger partial charge in [-0.15, -0.1) is 0 Å². The van der Waals surface area contributed by atoms with E-state index in [0.29, 0.717) is 17.7 Å². The van der Waals surface area contributed by atoms with Crippen molar-refractivity contribution in [3.05, 3.63) is 41.8 Å². The number of benzene rings is 1. The molecule has 1 fully saturated rings. The maximum absolute atomic E-state index is 12.9. The smallest absolute Gasteiger partial charge is 0.269 e. The molecule has 1 aliphatic heterocycles. The number of carbonyl (C=O) groups is 1. The minimum Gasteiger partial charge on any atom is -0.347 e. The second kappa shape index (κ2) is 5.53. The Morgan fingerprint density at radius 2 is 2.05 bits per heavy atom. The van der Waals surface area contributed by atoms with E-state index in [9.17, 15) is 17.6 Å². The van der Waals surface area contributed by atoms with E-state index in [0.717, 1.165) is 0 Å². The van der Waals surface area contributed by atoms with Crippen molar-refractivity contribution in [2.24, 2.45) is 0 Å². The van der Waals surface area contributed by atoms with Gasteiger partial charge in [-0.1, -0.05) is 0 Å². The second-order valence-electron chi connectivity index (χ2n) is 5.25. The van der Waals surface area contributed by atoms with Gasteiger partial charge in [0, 0.05) is 11.6 Å². The van der Waals surface area contributed by atoms with Gasteiger partial charge < -0.3 is 5.32 Å². The number of nitrogens with one attached hydrogen (secondary N) is 2. The van der Waals surface area contributed by atoms with Crippen LogP contribution in [-0.2, 0) is 9.84 Å². The molecular formula is C14H14FN3O3S. The number of H-pyrrole nitrogens is 1. The van der Waals surface area contributed by atoms with Gasteiger partial charge in [0.1, 0.15) is 11.5 Å². The summed E-state index contributed by atoms with van der Waals surface area (Å²) in [6.07, 6.45) is 0.424. The molecule has 1 amide bonds. The molecule has 3 rings (SSSR count). The molecule has 0 aliphatic carbocycles. The molecule has 2 heterocycles. The van der Waals surface area contributed by atoms with Crippen LogP contribution in [-0.4, -0.2) is 42.1 Å². The molecule has 1 aliphatic rings. The Bertz CT molecular complexity index is 799. The predicted octanol–water partition coefficient (Wildman–Crippen LogP) is 1.13. The molecule has 1 saturated heterocycles. The van der Waals surface area contributed by atoms with Crippen LogP contribution in [0.1, 0.15) is 16.9 Å². The van der Waals surface area contributed by atoms with Gasteiger partial charge in [0.25, 0.3) is 5.91 Å². The molecule has 1 aromatic heterocycles. The first-order valence-corrected chi connectivity index (χ1v) is 8.58. The van der Waals surface area contributed by atoms with Crippen molar-refractivity contribution < 1.29 is 17.6 Å². The molecule has 0 radical (unpaired) electrons. The fourth-order valence-corrected chi connectivity index (χ4v) is 4.05. The van der Waals surface area contributed by atoms with E-state index in [1.54, 1.807) is 18.2 Å². The molecular weight excluding hydrogens is 309 g/mol. The van der Waals surface area contributed by atoms with E-state index in [-0.39, 0.29) is 29.1 Å². The van der Waals surface area contributed by atoms with Crippen molar-refractivity contribution in [3.8, 4) is 11.3 Å². The standard InChI is InChI=1S/C14H14FN3O3S/c15-10-3-1-9(2-4-10)12-7-13(18-17-12)14(19)16-11-5-6-22(20,21)8-11/h1-4,7,11H,5-6,8H2,(H,16,19)(H,17,18)/t11-/m0/s1. The van der Waals surface area contributed by atoms with Crippen LogP contribution in [0.3, 0.4) is 0 Å². The predicted molar refractivity (Wildman–Crippen MR) is 78.5 cm³/mol. The van der Waals surface area contributed by atoms with E-state index in [2.05, 4.69) is 15.5 Å². The number of aromatic amines is 1. The number of sulfone groups is 1. The maximum atomic E-state index is 12.9. The highest BCUT2D eigenvalue weighted by molar-refractivity contribution is 7.91. The van der Waals surface area contributed by atoms with Crippen molar-refractivity contribution in [1.29, 1.82) is 0 Å². The van der Waals surface area contributed by atoms with Gasteiger partial charge >= 0.3 is 0 Å². The third-order valence-corrected chi connectivity index (χ3v) is 5.30. The Kier molecular flexibility index (Phi) is 3.69. The molecule has 2 N–H and O–H groups in total. The quantitative estimate of drug-likeness (QED) is 0.886. The van der Waals surface area contributed by atoms with E-state index in [1.807, 2.05) is 0 Å². The fraction of sp³-hybridized carbons (Fsp3) is 0.286. The van der Waals surface area contributed by atoms with Crippen molar-refractivity contribution in [2.45, 2.75) is 12.5 Å². The van der Waals surface area contributed by atoms with E-state index < -0.39 is 15.7 Å². The molecule has 0 saturated carbocycles. The Hall–Kier alpha value is -2.22. The van der Waals surface area contributed by atoms with Crippen LogP contribution in [0.25, 0.3) is 11.3 Å². The highest BCUT2D eigenvalue weighted by Gasteiger charge is 2.29. The first-order valence-electron chi connectivity index (χ1n) is 6.75. The molecule has 0 spiro atoms. The third-order valence-electron chi connectivity index (χ3n) is 3.53. The summed E-state index contributed by atoms with van der Waals surface area (Å²) < 4.78 is 35.6. The summed E-state index contributed by atoms with van der Waals surface area (Å²) in [7, 11) is -3.04. The van der Waals surface area contributed by atoms with Crippen molar-refractivity contribution in [1.82, 2.24) is 15.5 Å². The summed E-state index contributed by atoms with van der Waals surface area (Å²) in [5, 5.41) is 9.30. The van der Waals surface area contributed by atoms with E-state index >= 15 is 0 Å². The molecule has 1 aromatic carbocycles. The fourth-order valence-electron chi connectivity index (χ4n) is 2.38. The average Bonchev–Trinajstić information content (AvgIpc) is 3.06. The lowest BCUT2D eigenvalue weighted by Gasteiger charge is -2.08. The zero-order valence-corrected chi connectivity index (χ0v) is 12.4. The first-order chi connectivity index (χ1) is 10.4. The highest BCUT2D eigenvalue weighted by Crippen LogP contribution is 2.18. The van der Waals surface area contributed by atoms with Crippen LogP contribution in [0.4, 0.5) is 4.39 Å². The summed E-state index contributed by atoms with van der Waals surface area (Å²) in [4.78, 5) is 12.1. The molecule has 2 aromatic rings. The van der Waals surface area contributed by atoms with Crippen LogP contribution in [0, 0.1) is 5.82 Å². The van der Waals surface area contributed by atoms with Crippen LogP contribution >= 0.6 is 0 Å². The summed E-state index contributed by atoms with van der Waals surface area (Å²) in [5.74, 6) is -0.679. The molecule has 0 unspecified atom stereocenters. The van der Waals surface area contributed by atoms with Gasteiger partial charge in [0.05, 0.1) is 17.2 Å². The Balaban J connectivity index is 1.71. The monoisotopic (exact) mass is 323 g/mol. The van der Waals surface area contributed by atoms with Crippen LogP contribution in [0.15, 0.2) is 30.3 Å². The van der Waals surface area contributed by atoms with Crippen LogP contribution in [0.5, 0.6) is 0 Å². The summed E-state index contributed by atoms with van der Waals surface area (Å²) in [6, 6.07) is 6.94. The number of hydrogen-bond donors (Lipinski definition) is 2. The van der Waals surface area contributed by atoms with Crippen LogP contribution < -0.4 is 5.32 Å². The third kappa shape index (κ3) is 3.16. The number of halogens is 1. The lowest BCUT2D eigenvalue weighted by molar-refractivity contribution is 0.0936. The summed E-state index contributed by atoms with van der Waals surface area (Å²) in [5.41, 5.74) is 1.44. The summed E-state index contributed by atoms with van der Waals surface area (Å²) in [6.45, 7) is 0. The molecule has 116 valence electrons. The zero-order valence-electron chi connectivity index (χ0n) is 11.5. The van der Waals surface area contributed by atoms with Crippen molar-refractivity contribution >= 4 is 15.7 Å². The van der Waals surface area contributed by atoms with Gasteiger partial charge in [0.15, 0.2) is 9.84 Å². The Morgan fingerprint density at radius 1 is 1.32 bits per heavy atom. The number of amides is 1. The second-order valence-corrected chi connectivity index (χ2v) is 7.48. The maximum Gasteiger partial charge on any atom is 0.269 e. The Labute approximate surface area is 126 Å². The van der Waals surface area contributed by atoms with Crippen LogP contribution in [0.2, 0.25) is 0 Å². The molecule has 0 bridgehead atoms. The SMILES string of the molecule is O=C(N[C@H]1CCS(=O)(=O)C1)c1cc(-c2ccc(F)cc2)n[nH]1. The molecule has 1 atom stereocenters. The largest absolute Gasteiger partial charge is 0.347 e. The number of carbonyl (C=O) groups excluding carboxylic acids is 1. The molecule has 6 nitrogen and oxygen atoms in total. The van der Waals surface area contributed by atoms with Crippen molar-refractivity contribution in [3.63, 3.8) is 0 Å². The van der Waals surface area contributed by atoms with E-state index in [1.165, 1.54) is 12.1 Å². The van der Waals surface area contributed by atoms with Gasteiger partial charge in [-0.05, 0) is 36.8 Å². The topological polar surface area (TPSA) is 91.9 Å². The number of rotatable bonds is 3.